The summed E-state index contributed by atoms with van der Waals surface area (Å²) in [5.74, 6) is -0.646. The number of rotatable bonds is 3. The molecule has 26 heavy (non-hydrogen) atoms. The third kappa shape index (κ3) is 2.92. The summed E-state index contributed by atoms with van der Waals surface area (Å²) in [6.07, 6.45) is 1.56. The molecule has 0 saturated carbocycles. The van der Waals surface area contributed by atoms with E-state index in [0.29, 0.717) is 11.3 Å². The monoisotopic (exact) mass is 376 g/mol. The molecule has 2 amide bonds. The molecule has 0 spiro atoms. The first kappa shape index (κ1) is 17.9. The molecule has 136 valence electrons. The number of ether oxygens (including phenoxy) is 1. The fourth-order valence-electron chi connectivity index (χ4n) is 2.92. The molecule has 0 aliphatic carbocycles. The third-order valence-electron chi connectivity index (χ3n) is 4.09. The van der Waals surface area contributed by atoms with E-state index in [0.717, 1.165) is 5.56 Å². The van der Waals surface area contributed by atoms with E-state index in [1.807, 2.05) is 0 Å². The van der Waals surface area contributed by atoms with Crippen molar-refractivity contribution in [2.75, 3.05) is 6.61 Å². The molecule has 0 aromatic carbocycles. The highest BCUT2D eigenvalue weighted by Gasteiger charge is 2.36. The SMILES string of the molecule is CCOC(=O)C1=C(C)NC(=O)N[C@@H]1c1c(Cl)nc2c(C)cccn2c1=O. The van der Waals surface area contributed by atoms with Crippen LogP contribution in [0, 0.1) is 6.92 Å². The van der Waals surface area contributed by atoms with E-state index in [1.54, 1.807) is 39.1 Å². The Hall–Kier alpha value is -2.87. The lowest BCUT2D eigenvalue weighted by atomic mass is 9.97. The van der Waals surface area contributed by atoms with Gasteiger partial charge >= 0.3 is 12.0 Å². The molecule has 2 aromatic heterocycles. The van der Waals surface area contributed by atoms with Crippen LogP contribution < -0.4 is 16.2 Å². The number of fused-ring (bicyclic) bond motifs is 1. The van der Waals surface area contributed by atoms with Gasteiger partial charge in [0.05, 0.1) is 23.8 Å². The number of allylic oxidation sites excluding steroid dienone is 1. The Labute approximate surface area is 153 Å². The second-order valence-electron chi connectivity index (χ2n) is 5.80. The van der Waals surface area contributed by atoms with Crippen molar-refractivity contribution in [3.05, 3.63) is 56.2 Å². The zero-order valence-corrected chi connectivity index (χ0v) is 15.2. The minimum Gasteiger partial charge on any atom is -0.463 e. The Morgan fingerprint density at radius 2 is 2.12 bits per heavy atom. The first-order valence-electron chi connectivity index (χ1n) is 7.98. The number of hydrogen-bond donors (Lipinski definition) is 2. The second-order valence-corrected chi connectivity index (χ2v) is 6.15. The number of aromatic nitrogens is 2. The number of amides is 2. The minimum absolute atomic E-state index is 0.00650. The van der Waals surface area contributed by atoms with Crippen LogP contribution in [0.25, 0.3) is 5.65 Å². The van der Waals surface area contributed by atoms with E-state index in [9.17, 15) is 14.4 Å². The zero-order chi connectivity index (χ0) is 19.0. The van der Waals surface area contributed by atoms with Crippen molar-refractivity contribution in [1.29, 1.82) is 0 Å². The maximum Gasteiger partial charge on any atom is 0.338 e. The second kappa shape index (κ2) is 6.80. The highest BCUT2D eigenvalue weighted by Crippen LogP contribution is 2.29. The van der Waals surface area contributed by atoms with Gasteiger partial charge in [0.15, 0.2) is 0 Å². The van der Waals surface area contributed by atoms with E-state index in [4.69, 9.17) is 16.3 Å². The number of hydrogen-bond acceptors (Lipinski definition) is 5. The molecule has 0 fully saturated rings. The zero-order valence-electron chi connectivity index (χ0n) is 14.4. The molecule has 9 heteroatoms. The molecule has 2 aromatic rings. The minimum atomic E-state index is -1.06. The number of pyridine rings is 1. The lowest BCUT2D eigenvalue weighted by molar-refractivity contribution is -0.139. The van der Waals surface area contributed by atoms with Gasteiger partial charge in [-0.3, -0.25) is 9.20 Å². The maximum absolute atomic E-state index is 13.0. The predicted molar refractivity (Wildman–Crippen MR) is 95.0 cm³/mol. The molecular formula is C17H17ClN4O4. The van der Waals surface area contributed by atoms with Crippen LogP contribution >= 0.6 is 11.6 Å². The van der Waals surface area contributed by atoms with E-state index in [2.05, 4.69) is 15.6 Å². The smallest absolute Gasteiger partial charge is 0.338 e. The van der Waals surface area contributed by atoms with Crippen LogP contribution in [0.1, 0.15) is 31.0 Å². The quantitative estimate of drug-likeness (QED) is 0.628. The van der Waals surface area contributed by atoms with Crippen LogP contribution in [0.15, 0.2) is 34.4 Å². The molecule has 8 nitrogen and oxygen atoms in total. The van der Waals surface area contributed by atoms with Gasteiger partial charge < -0.3 is 15.4 Å². The van der Waals surface area contributed by atoms with Crippen molar-refractivity contribution in [2.24, 2.45) is 0 Å². The first-order valence-corrected chi connectivity index (χ1v) is 8.35. The number of esters is 1. The van der Waals surface area contributed by atoms with Gasteiger partial charge in [0.25, 0.3) is 5.56 Å². The molecule has 0 saturated heterocycles. The summed E-state index contributed by atoms with van der Waals surface area (Å²) >= 11 is 6.29. The number of nitrogens with one attached hydrogen (secondary N) is 2. The molecule has 1 aliphatic rings. The molecule has 0 unspecified atom stereocenters. The summed E-state index contributed by atoms with van der Waals surface area (Å²) < 4.78 is 6.40. The summed E-state index contributed by atoms with van der Waals surface area (Å²) in [5.41, 5.74) is 1.12. The van der Waals surface area contributed by atoms with Gasteiger partial charge in [0.1, 0.15) is 10.8 Å². The molecule has 1 aliphatic heterocycles. The topological polar surface area (TPSA) is 102 Å². The van der Waals surface area contributed by atoms with Crippen LogP contribution in [-0.4, -0.2) is 28.0 Å². The fourth-order valence-corrected chi connectivity index (χ4v) is 3.19. The van der Waals surface area contributed by atoms with Gasteiger partial charge in [-0.15, -0.1) is 0 Å². The number of aryl methyl sites for hydroxylation is 1. The summed E-state index contributed by atoms with van der Waals surface area (Å²) in [6.45, 7) is 5.18. The Balaban J connectivity index is 2.27. The van der Waals surface area contributed by atoms with Crippen molar-refractivity contribution < 1.29 is 14.3 Å². The first-order chi connectivity index (χ1) is 12.3. The Bertz CT molecular complexity index is 1010. The summed E-state index contributed by atoms with van der Waals surface area (Å²) in [4.78, 5) is 41.7. The standard InChI is InChI=1S/C17H17ClN4O4/c1-4-26-16(24)10-9(3)19-17(25)20-12(10)11-13(18)21-14-8(2)6-5-7-22(14)15(11)23/h5-7,12H,4H2,1-3H3,(H2,19,20,25)/t12-/m0/s1. The van der Waals surface area contributed by atoms with Crippen LogP contribution in [0.2, 0.25) is 5.15 Å². The molecule has 3 rings (SSSR count). The molecule has 1 atom stereocenters. The normalized spacial score (nSPS) is 17.1. The van der Waals surface area contributed by atoms with Crippen LogP contribution in [0.5, 0.6) is 0 Å². The molecule has 0 radical (unpaired) electrons. The summed E-state index contributed by atoms with van der Waals surface area (Å²) in [7, 11) is 0. The highest BCUT2D eigenvalue weighted by molar-refractivity contribution is 6.30. The van der Waals surface area contributed by atoms with Crippen LogP contribution in [0.3, 0.4) is 0 Å². The number of carbonyl (C=O) groups is 2. The van der Waals surface area contributed by atoms with Crippen LogP contribution in [-0.2, 0) is 9.53 Å². The summed E-state index contributed by atoms with van der Waals surface area (Å²) in [5, 5.41) is 5.00. The molecule has 2 N–H and O–H groups in total. The van der Waals surface area contributed by atoms with E-state index >= 15 is 0 Å². The highest BCUT2D eigenvalue weighted by atomic mass is 35.5. The molecular weight excluding hydrogens is 360 g/mol. The van der Waals surface area contributed by atoms with Gasteiger partial charge in [-0.1, -0.05) is 17.7 Å². The van der Waals surface area contributed by atoms with Gasteiger partial charge in [-0.05, 0) is 32.4 Å². The average Bonchev–Trinajstić information content (AvgIpc) is 2.55. The van der Waals surface area contributed by atoms with Crippen molar-refractivity contribution in [3.63, 3.8) is 0 Å². The Kier molecular flexibility index (Phi) is 4.69. The van der Waals surface area contributed by atoms with Gasteiger partial charge in [-0.25, -0.2) is 14.6 Å². The van der Waals surface area contributed by atoms with E-state index < -0.39 is 23.6 Å². The van der Waals surface area contributed by atoms with E-state index in [-0.39, 0.29) is 22.9 Å². The number of nitrogens with zero attached hydrogens (tertiary/aromatic N) is 2. The van der Waals surface area contributed by atoms with Gasteiger partial charge in [0, 0.05) is 11.9 Å². The fraction of sp³-hybridized carbons (Fsp3) is 0.294. The Morgan fingerprint density at radius 1 is 1.38 bits per heavy atom. The average molecular weight is 377 g/mol. The van der Waals surface area contributed by atoms with Crippen LogP contribution in [0.4, 0.5) is 4.79 Å². The van der Waals surface area contributed by atoms with Crippen molar-refractivity contribution in [1.82, 2.24) is 20.0 Å². The maximum atomic E-state index is 13.0. The lowest BCUT2D eigenvalue weighted by Gasteiger charge is -2.28. The third-order valence-corrected chi connectivity index (χ3v) is 4.38. The molecule has 3 heterocycles. The predicted octanol–water partition coefficient (Wildman–Crippen LogP) is 1.85. The van der Waals surface area contributed by atoms with E-state index in [1.165, 1.54) is 4.40 Å². The largest absolute Gasteiger partial charge is 0.463 e. The number of carbonyl (C=O) groups excluding carboxylic acids is 2. The molecule has 0 bridgehead atoms. The number of urea groups is 1. The Morgan fingerprint density at radius 3 is 2.81 bits per heavy atom. The van der Waals surface area contributed by atoms with Crippen molar-refractivity contribution in [2.45, 2.75) is 26.8 Å². The van der Waals surface area contributed by atoms with Gasteiger partial charge in [0.2, 0.25) is 0 Å². The van der Waals surface area contributed by atoms with Gasteiger partial charge in [-0.2, -0.15) is 0 Å². The number of halogens is 1. The summed E-state index contributed by atoms with van der Waals surface area (Å²) in [6, 6.07) is 1.90. The lowest BCUT2D eigenvalue weighted by Crippen LogP contribution is -2.47. The van der Waals surface area contributed by atoms with Crippen molar-refractivity contribution in [3.8, 4) is 0 Å². The van der Waals surface area contributed by atoms with Crippen molar-refractivity contribution >= 4 is 29.2 Å².